The molecule has 0 heterocycles. The summed E-state index contributed by atoms with van der Waals surface area (Å²) in [5.74, 6) is 2.70. The molecule has 0 aromatic rings. The van der Waals surface area contributed by atoms with E-state index in [2.05, 4.69) is 5.92 Å². The van der Waals surface area contributed by atoms with Crippen LogP contribution in [-0.2, 0) is 4.79 Å². The molecule has 1 fully saturated rings. The van der Waals surface area contributed by atoms with E-state index in [1.54, 1.807) is 0 Å². The van der Waals surface area contributed by atoms with Crippen LogP contribution in [0.4, 0.5) is 0 Å². The van der Waals surface area contributed by atoms with Gasteiger partial charge in [-0.2, -0.15) is 0 Å². The highest BCUT2D eigenvalue weighted by Gasteiger charge is 2.31. The minimum atomic E-state index is -0.203. The Labute approximate surface area is 79.9 Å². The average molecular weight is 179 g/mol. The number of nitrogens with two attached hydrogens (primary N) is 1. The van der Waals surface area contributed by atoms with Gasteiger partial charge < -0.3 is 5.73 Å². The highest BCUT2D eigenvalue weighted by molar-refractivity contribution is 5.79. The molecule has 0 aliphatic heterocycles. The average Bonchev–Trinajstić information content (AvgIpc) is 2.48. The lowest BCUT2D eigenvalue weighted by molar-refractivity contribution is -0.120. The Morgan fingerprint density at radius 2 is 2.08 bits per heavy atom. The third kappa shape index (κ3) is 3.20. The van der Waals surface area contributed by atoms with Crippen molar-refractivity contribution >= 4 is 5.78 Å². The minimum Gasteiger partial charge on any atom is -0.325 e. The summed E-state index contributed by atoms with van der Waals surface area (Å²) in [7, 11) is 0. The Bertz CT molecular complexity index is 221. The van der Waals surface area contributed by atoms with Crippen LogP contribution in [0.15, 0.2) is 0 Å². The van der Waals surface area contributed by atoms with Gasteiger partial charge in [0.2, 0.25) is 0 Å². The summed E-state index contributed by atoms with van der Waals surface area (Å²) in [4.78, 5) is 11.4. The first-order valence-corrected chi connectivity index (χ1v) is 4.90. The van der Waals surface area contributed by atoms with Crippen molar-refractivity contribution in [3.05, 3.63) is 0 Å². The molecule has 0 aromatic heterocycles. The molecule has 0 unspecified atom stereocenters. The van der Waals surface area contributed by atoms with Crippen LogP contribution >= 0.6 is 0 Å². The lowest BCUT2D eigenvalue weighted by Crippen LogP contribution is -2.38. The molecule has 1 aliphatic carbocycles. The van der Waals surface area contributed by atoms with Crippen molar-refractivity contribution in [1.82, 2.24) is 0 Å². The first-order valence-electron chi connectivity index (χ1n) is 4.90. The van der Waals surface area contributed by atoms with Crippen LogP contribution in [0.1, 0.15) is 44.9 Å². The van der Waals surface area contributed by atoms with Gasteiger partial charge in [-0.15, -0.1) is 12.3 Å². The van der Waals surface area contributed by atoms with Crippen LogP contribution in [0.2, 0.25) is 0 Å². The van der Waals surface area contributed by atoms with Gasteiger partial charge >= 0.3 is 0 Å². The molecule has 1 aliphatic rings. The van der Waals surface area contributed by atoms with Gasteiger partial charge in [-0.3, -0.25) is 4.79 Å². The van der Waals surface area contributed by atoms with Crippen LogP contribution in [0, 0.1) is 12.3 Å². The van der Waals surface area contributed by atoms with E-state index >= 15 is 0 Å². The van der Waals surface area contributed by atoms with Crippen molar-refractivity contribution in [1.29, 1.82) is 0 Å². The summed E-state index contributed by atoms with van der Waals surface area (Å²) < 4.78 is 0. The van der Waals surface area contributed by atoms with Crippen molar-refractivity contribution in [3.8, 4) is 12.3 Å². The number of rotatable bonds is 4. The Kier molecular flexibility index (Phi) is 3.50. The van der Waals surface area contributed by atoms with E-state index in [1.165, 1.54) is 12.8 Å². The zero-order chi connectivity index (χ0) is 9.73. The Balaban J connectivity index is 2.31. The Morgan fingerprint density at radius 3 is 2.62 bits per heavy atom. The smallest absolute Gasteiger partial charge is 0.135 e. The number of Topliss-reactive ketones (excluding diaryl/α,β-unsaturated/α-hetero) is 1. The topological polar surface area (TPSA) is 43.1 Å². The van der Waals surface area contributed by atoms with Crippen LogP contribution < -0.4 is 5.73 Å². The van der Waals surface area contributed by atoms with Crippen LogP contribution in [0.25, 0.3) is 0 Å². The largest absolute Gasteiger partial charge is 0.325 e. The van der Waals surface area contributed by atoms with E-state index in [1.807, 2.05) is 0 Å². The fourth-order valence-electron chi connectivity index (χ4n) is 1.95. The van der Waals surface area contributed by atoms with Crippen molar-refractivity contribution in [3.63, 3.8) is 0 Å². The molecular formula is C11H17NO. The molecule has 1 saturated carbocycles. The molecule has 0 atom stereocenters. The highest BCUT2D eigenvalue weighted by Crippen LogP contribution is 2.30. The van der Waals surface area contributed by atoms with Crippen LogP contribution in [-0.4, -0.2) is 11.3 Å². The fourth-order valence-corrected chi connectivity index (χ4v) is 1.95. The number of carbonyl (C=O) groups excluding carboxylic acids is 1. The van der Waals surface area contributed by atoms with E-state index in [4.69, 9.17) is 12.2 Å². The summed E-state index contributed by atoms with van der Waals surface area (Å²) >= 11 is 0. The molecule has 2 heteroatoms. The molecule has 1 rings (SSSR count). The van der Waals surface area contributed by atoms with E-state index in [-0.39, 0.29) is 11.3 Å². The lowest BCUT2D eigenvalue weighted by Gasteiger charge is -2.21. The van der Waals surface area contributed by atoms with Crippen molar-refractivity contribution < 1.29 is 4.79 Å². The first-order chi connectivity index (χ1) is 6.16. The molecule has 0 amide bonds. The van der Waals surface area contributed by atoms with Crippen LogP contribution in [0.5, 0.6) is 0 Å². The van der Waals surface area contributed by atoms with Crippen molar-refractivity contribution in [2.75, 3.05) is 0 Å². The zero-order valence-electron chi connectivity index (χ0n) is 8.01. The highest BCUT2D eigenvalue weighted by atomic mass is 16.1. The number of hydrogen-bond donors (Lipinski definition) is 1. The molecule has 13 heavy (non-hydrogen) atoms. The molecule has 0 spiro atoms. The van der Waals surface area contributed by atoms with E-state index in [0.29, 0.717) is 19.3 Å². The number of hydrogen-bond acceptors (Lipinski definition) is 2. The lowest BCUT2D eigenvalue weighted by atomic mass is 9.91. The van der Waals surface area contributed by atoms with Gasteiger partial charge in [0.05, 0.1) is 0 Å². The number of carbonyl (C=O) groups is 1. The van der Waals surface area contributed by atoms with Crippen molar-refractivity contribution in [2.45, 2.75) is 50.5 Å². The minimum absolute atomic E-state index is 0.203. The van der Waals surface area contributed by atoms with E-state index < -0.39 is 0 Å². The zero-order valence-corrected chi connectivity index (χ0v) is 8.01. The molecule has 2 nitrogen and oxygen atoms in total. The van der Waals surface area contributed by atoms with Gasteiger partial charge in [-0.25, -0.2) is 0 Å². The first kappa shape index (κ1) is 10.3. The third-order valence-corrected chi connectivity index (χ3v) is 2.70. The second-order valence-electron chi connectivity index (χ2n) is 3.99. The second-order valence-corrected chi connectivity index (χ2v) is 3.99. The third-order valence-electron chi connectivity index (χ3n) is 2.70. The predicted molar refractivity (Wildman–Crippen MR) is 53.1 cm³/mol. The summed E-state index contributed by atoms with van der Waals surface area (Å²) in [6, 6.07) is 0. The van der Waals surface area contributed by atoms with Crippen molar-refractivity contribution in [2.24, 2.45) is 5.73 Å². The maximum Gasteiger partial charge on any atom is 0.135 e. The van der Waals surface area contributed by atoms with Crippen LogP contribution in [0.3, 0.4) is 0 Å². The van der Waals surface area contributed by atoms with E-state index in [0.717, 1.165) is 12.8 Å². The summed E-state index contributed by atoms with van der Waals surface area (Å²) in [6.07, 6.45) is 11.0. The van der Waals surface area contributed by atoms with Gasteiger partial charge in [0.1, 0.15) is 5.78 Å². The molecule has 0 aromatic carbocycles. The molecule has 0 bridgehead atoms. The van der Waals surface area contributed by atoms with Gasteiger partial charge in [-0.05, 0) is 12.8 Å². The molecule has 0 saturated heterocycles. The van der Waals surface area contributed by atoms with Gasteiger partial charge in [-0.1, -0.05) is 12.8 Å². The summed E-state index contributed by atoms with van der Waals surface area (Å²) in [5.41, 5.74) is 5.86. The molecule has 2 N–H and O–H groups in total. The SMILES string of the molecule is C#CCCC(=O)CC1(N)CCCC1. The normalized spacial score (nSPS) is 19.7. The van der Waals surface area contributed by atoms with Gasteiger partial charge in [0, 0.05) is 24.8 Å². The molecule has 0 radical (unpaired) electrons. The van der Waals surface area contributed by atoms with Gasteiger partial charge in [0.15, 0.2) is 0 Å². The summed E-state index contributed by atoms with van der Waals surface area (Å²) in [5, 5.41) is 0. The fraction of sp³-hybridized carbons (Fsp3) is 0.727. The van der Waals surface area contributed by atoms with Gasteiger partial charge in [0.25, 0.3) is 0 Å². The Morgan fingerprint density at radius 1 is 1.46 bits per heavy atom. The quantitative estimate of drug-likeness (QED) is 0.666. The summed E-state index contributed by atoms with van der Waals surface area (Å²) in [6.45, 7) is 0. The molecular weight excluding hydrogens is 162 g/mol. The Hall–Kier alpha value is -0.810. The standard InChI is InChI=1S/C11H17NO/c1-2-3-6-10(13)9-11(12)7-4-5-8-11/h1H,3-9,12H2. The maximum absolute atomic E-state index is 11.4. The maximum atomic E-state index is 11.4. The number of ketones is 1. The van der Waals surface area contributed by atoms with E-state index in [9.17, 15) is 4.79 Å². The molecule has 72 valence electrons. The number of terminal acetylenes is 1. The second kappa shape index (κ2) is 4.43. The predicted octanol–water partition coefficient (Wildman–Crippen LogP) is 1.63. The monoisotopic (exact) mass is 179 g/mol.